The van der Waals surface area contributed by atoms with Crippen molar-refractivity contribution in [2.45, 2.75) is 111 Å². The Bertz CT molecular complexity index is 414. The van der Waals surface area contributed by atoms with E-state index in [0.717, 1.165) is 6.42 Å². The van der Waals surface area contributed by atoms with Crippen LogP contribution in [0.15, 0.2) is 24.3 Å². The Balaban J connectivity index is 0. The molecule has 0 unspecified atom stereocenters. The molecule has 0 saturated heterocycles. The molecular weight excluding hydrogens is 352 g/mol. The Labute approximate surface area is 173 Å². The van der Waals surface area contributed by atoms with Crippen molar-refractivity contribution in [3.8, 4) is 0 Å². The van der Waals surface area contributed by atoms with Crippen molar-refractivity contribution in [3.05, 3.63) is 24.3 Å². The summed E-state index contributed by atoms with van der Waals surface area (Å²) >= 11 is 0. The number of unbranched alkanes of at least 4 members (excludes halogenated alkanes) is 13. The number of hydrogen-bond acceptors (Lipinski definition) is 4. The fourth-order valence-corrected chi connectivity index (χ4v) is 2.58. The van der Waals surface area contributed by atoms with E-state index in [1.54, 1.807) is 6.92 Å². The van der Waals surface area contributed by atoms with Crippen molar-refractivity contribution in [1.82, 2.24) is 0 Å². The standard InChI is InChI=1S/C20H38O2.C4H6O2/c1-4-5-6-7-8-9-10-11-12-13-14-15-16-17-18-22-20(21)19(2)3;1-3(2)4(5)6/h2,4-18H2,1,3H3;1H2,2H3,(H,5,6)/p-1. The number of carboxylic acid groups (broad SMARTS) is 1. The molecule has 0 heterocycles. The van der Waals surface area contributed by atoms with Gasteiger partial charge < -0.3 is 14.6 Å². The first kappa shape index (κ1) is 28.6. The summed E-state index contributed by atoms with van der Waals surface area (Å²) in [5.41, 5.74) is 0.556. The van der Waals surface area contributed by atoms with Crippen LogP contribution in [-0.4, -0.2) is 18.5 Å². The maximum absolute atomic E-state index is 11.2. The molecule has 0 fully saturated rings. The zero-order valence-corrected chi connectivity index (χ0v) is 18.7. The number of rotatable bonds is 17. The van der Waals surface area contributed by atoms with Crippen molar-refractivity contribution in [2.75, 3.05) is 6.61 Å². The second kappa shape index (κ2) is 21.7. The summed E-state index contributed by atoms with van der Waals surface area (Å²) in [5, 5.41) is 9.49. The number of carbonyl (C=O) groups is 2. The molecule has 4 nitrogen and oxygen atoms in total. The monoisotopic (exact) mass is 395 g/mol. The van der Waals surface area contributed by atoms with Gasteiger partial charge in [-0.15, -0.1) is 0 Å². The quantitative estimate of drug-likeness (QED) is 0.175. The summed E-state index contributed by atoms with van der Waals surface area (Å²) in [6.45, 7) is 12.6. The highest BCUT2D eigenvalue weighted by molar-refractivity contribution is 5.86. The van der Waals surface area contributed by atoms with E-state index in [4.69, 9.17) is 4.74 Å². The highest BCUT2D eigenvalue weighted by Crippen LogP contribution is 2.13. The highest BCUT2D eigenvalue weighted by atomic mass is 16.5. The minimum Gasteiger partial charge on any atom is -0.545 e. The van der Waals surface area contributed by atoms with Gasteiger partial charge in [-0.3, -0.25) is 0 Å². The Morgan fingerprint density at radius 3 is 1.29 bits per heavy atom. The van der Waals surface area contributed by atoms with E-state index < -0.39 is 5.97 Å². The predicted molar refractivity (Wildman–Crippen MR) is 116 cm³/mol. The van der Waals surface area contributed by atoms with Crippen LogP contribution < -0.4 is 5.11 Å². The number of carboxylic acids is 1. The Morgan fingerprint density at radius 2 is 1.00 bits per heavy atom. The molecule has 0 aliphatic rings. The first-order valence-corrected chi connectivity index (χ1v) is 11.0. The molecular formula is C24H43O4-. The zero-order valence-electron chi connectivity index (χ0n) is 18.7. The Morgan fingerprint density at radius 1 is 0.679 bits per heavy atom. The number of ether oxygens (including phenoxy) is 1. The average Bonchev–Trinajstić information content (AvgIpc) is 2.65. The van der Waals surface area contributed by atoms with Crippen molar-refractivity contribution in [1.29, 1.82) is 0 Å². The van der Waals surface area contributed by atoms with Gasteiger partial charge in [-0.2, -0.15) is 0 Å². The third kappa shape index (κ3) is 24.4. The lowest BCUT2D eigenvalue weighted by molar-refractivity contribution is -0.299. The molecule has 0 aromatic heterocycles. The summed E-state index contributed by atoms with van der Waals surface area (Å²) in [7, 11) is 0. The van der Waals surface area contributed by atoms with Crippen LogP contribution in [0.25, 0.3) is 0 Å². The average molecular weight is 396 g/mol. The largest absolute Gasteiger partial charge is 0.545 e. The molecule has 0 aromatic carbocycles. The highest BCUT2D eigenvalue weighted by Gasteiger charge is 2.01. The van der Waals surface area contributed by atoms with Gasteiger partial charge in [0, 0.05) is 5.57 Å². The molecule has 164 valence electrons. The lowest BCUT2D eigenvalue weighted by Gasteiger charge is -2.04. The summed E-state index contributed by atoms with van der Waals surface area (Å²) in [4.78, 5) is 20.6. The molecule has 4 heteroatoms. The topological polar surface area (TPSA) is 66.4 Å². The van der Waals surface area contributed by atoms with Crippen LogP contribution in [0.1, 0.15) is 111 Å². The van der Waals surface area contributed by atoms with Crippen molar-refractivity contribution in [3.63, 3.8) is 0 Å². The number of hydrogen-bond donors (Lipinski definition) is 0. The van der Waals surface area contributed by atoms with E-state index >= 15 is 0 Å². The maximum Gasteiger partial charge on any atom is 0.333 e. The van der Waals surface area contributed by atoms with E-state index in [9.17, 15) is 14.7 Å². The van der Waals surface area contributed by atoms with Crippen molar-refractivity contribution >= 4 is 11.9 Å². The molecule has 0 radical (unpaired) electrons. The third-order valence-electron chi connectivity index (χ3n) is 4.43. The molecule has 0 rings (SSSR count). The van der Waals surface area contributed by atoms with Crippen molar-refractivity contribution < 1.29 is 19.4 Å². The van der Waals surface area contributed by atoms with Gasteiger partial charge in [0.2, 0.25) is 0 Å². The summed E-state index contributed by atoms with van der Waals surface area (Å²) in [6.07, 6.45) is 18.8. The SMILES string of the molecule is C=C(C)C(=O)OCCCCCCCCCCCCCCCC.C=C(C)C(=O)[O-]. The second-order valence-electron chi connectivity index (χ2n) is 7.58. The van der Waals surface area contributed by atoms with Gasteiger partial charge in [0.05, 0.1) is 12.6 Å². The normalized spacial score (nSPS) is 9.96. The van der Waals surface area contributed by atoms with Crippen LogP contribution in [0.2, 0.25) is 0 Å². The smallest absolute Gasteiger partial charge is 0.333 e. The van der Waals surface area contributed by atoms with Gasteiger partial charge >= 0.3 is 5.97 Å². The first-order chi connectivity index (χ1) is 13.3. The molecule has 0 N–H and O–H groups in total. The van der Waals surface area contributed by atoms with Gasteiger partial charge in [-0.05, 0) is 25.8 Å². The fourth-order valence-electron chi connectivity index (χ4n) is 2.58. The van der Waals surface area contributed by atoms with E-state index in [0.29, 0.717) is 12.2 Å². The van der Waals surface area contributed by atoms with Crippen LogP contribution in [-0.2, 0) is 14.3 Å². The lowest BCUT2D eigenvalue weighted by atomic mass is 10.0. The molecule has 0 aliphatic heterocycles. The minimum absolute atomic E-state index is 0.0648. The molecule has 0 saturated carbocycles. The van der Waals surface area contributed by atoms with Crippen LogP contribution >= 0.6 is 0 Å². The van der Waals surface area contributed by atoms with E-state index in [1.165, 1.54) is 90.4 Å². The number of esters is 1. The lowest BCUT2D eigenvalue weighted by Crippen LogP contribution is -2.22. The zero-order chi connectivity index (χ0) is 21.6. The Hall–Kier alpha value is -1.58. The Kier molecular flexibility index (Phi) is 22.2. The van der Waals surface area contributed by atoms with Gasteiger partial charge in [-0.1, -0.05) is 104 Å². The van der Waals surface area contributed by atoms with Crippen LogP contribution in [0.3, 0.4) is 0 Å². The maximum atomic E-state index is 11.2. The molecule has 0 bridgehead atoms. The van der Waals surface area contributed by atoms with E-state index in [2.05, 4.69) is 20.1 Å². The fraction of sp³-hybridized carbons (Fsp3) is 0.750. The van der Waals surface area contributed by atoms with Gasteiger partial charge in [0.25, 0.3) is 0 Å². The van der Waals surface area contributed by atoms with Crippen LogP contribution in [0.5, 0.6) is 0 Å². The molecule has 0 amide bonds. The van der Waals surface area contributed by atoms with Gasteiger partial charge in [-0.25, -0.2) is 4.79 Å². The first-order valence-electron chi connectivity index (χ1n) is 11.0. The number of carbonyl (C=O) groups excluding carboxylic acids is 2. The minimum atomic E-state index is -1.19. The van der Waals surface area contributed by atoms with Crippen molar-refractivity contribution in [2.24, 2.45) is 0 Å². The van der Waals surface area contributed by atoms with Crippen LogP contribution in [0, 0.1) is 0 Å². The number of aliphatic carboxylic acids is 1. The third-order valence-corrected chi connectivity index (χ3v) is 4.43. The molecule has 28 heavy (non-hydrogen) atoms. The molecule has 0 atom stereocenters. The molecule has 0 aliphatic carbocycles. The van der Waals surface area contributed by atoms with Crippen LogP contribution in [0.4, 0.5) is 0 Å². The summed E-state index contributed by atoms with van der Waals surface area (Å²) in [5.74, 6) is -1.44. The summed E-state index contributed by atoms with van der Waals surface area (Å²) < 4.78 is 5.07. The predicted octanol–water partition coefficient (Wildman–Crippen LogP) is 5.90. The molecule has 0 aromatic rings. The van der Waals surface area contributed by atoms with Gasteiger partial charge in [0.15, 0.2) is 0 Å². The van der Waals surface area contributed by atoms with E-state index in [-0.39, 0.29) is 11.5 Å². The van der Waals surface area contributed by atoms with Gasteiger partial charge in [0.1, 0.15) is 0 Å². The van der Waals surface area contributed by atoms with E-state index in [1.807, 2.05) is 0 Å². The molecule has 0 spiro atoms. The second-order valence-corrected chi connectivity index (χ2v) is 7.58. The summed E-state index contributed by atoms with van der Waals surface area (Å²) in [6, 6.07) is 0.